The molecule has 1 atom stereocenters. The Balaban J connectivity index is 2.20. The summed E-state index contributed by atoms with van der Waals surface area (Å²) in [6, 6.07) is 11.4. The zero-order valence-electron chi connectivity index (χ0n) is 10.00. The Morgan fingerprint density at radius 1 is 1.13 bits per heavy atom. The van der Waals surface area contributed by atoms with E-state index in [0.717, 1.165) is 13.0 Å². The molecule has 84 valence electrons. The summed E-state index contributed by atoms with van der Waals surface area (Å²) in [5, 5.41) is 3.62. The summed E-state index contributed by atoms with van der Waals surface area (Å²) in [5.41, 5.74) is 1.43. The van der Waals surface area contributed by atoms with Crippen LogP contribution in [0.4, 0.5) is 0 Å². The summed E-state index contributed by atoms with van der Waals surface area (Å²) in [4.78, 5) is 0. The Bertz CT molecular complexity index is 243. The topological polar surface area (TPSA) is 12.0 Å². The van der Waals surface area contributed by atoms with Crippen LogP contribution in [0.5, 0.6) is 0 Å². The second-order valence-electron chi connectivity index (χ2n) is 4.08. The van der Waals surface area contributed by atoms with Crippen molar-refractivity contribution in [2.45, 2.75) is 45.6 Å². The van der Waals surface area contributed by atoms with Gasteiger partial charge in [-0.05, 0) is 31.4 Å². The molecular weight excluding hydrogens is 182 g/mol. The van der Waals surface area contributed by atoms with Crippen LogP contribution in [-0.2, 0) is 6.42 Å². The first kappa shape index (κ1) is 12.3. The molecule has 0 heterocycles. The van der Waals surface area contributed by atoms with Crippen molar-refractivity contribution in [3.63, 3.8) is 0 Å². The molecule has 0 amide bonds. The third-order valence-corrected chi connectivity index (χ3v) is 2.82. The Labute approximate surface area is 93.9 Å². The first-order valence-corrected chi connectivity index (χ1v) is 6.14. The molecule has 0 spiro atoms. The maximum atomic E-state index is 3.62. The predicted octanol–water partition coefficient (Wildman–Crippen LogP) is 3.40. The van der Waals surface area contributed by atoms with Gasteiger partial charge >= 0.3 is 0 Å². The standard InChI is InChI=1S/C14H23N/c1-3-8-14(4-2)15-12-11-13-9-6-5-7-10-13/h5-7,9-10,14-15H,3-4,8,11-12H2,1-2H3. The van der Waals surface area contributed by atoms with Crippen LogP contribution in [0, 0.1) is 0 Å². The fourth-order valence-corrected chi connectivity index (χ4v) is 1.86. The van der Waals surface area contributed by atoms with Gasteiger partial charge in [-0.1, -0.05) is 50.6 Å². The molecule has 0 fully saturated rings. The molecule has 0 aromatic heterocycles. The largest absolute Gasteiger partial charge is 0.314 e. The summed E-state index contributed by atoms with van der Waals surface area (Å²) in [6.45, 7) is 5.61. The number of nitrogens with one attached hydrogen (secondary N) is 1. The monoisotopic (exact) mass is 205 g/mol. The van der Waals surface area contributed by atoms with Gasteiger partial charge in [-0.15, -0.1) is 0 Å². The average molecular weight is 205 g/mol. The molecule has 1 nitrogen and oxygen atoms in total. The number of hydrogen-bond acceptors (Lipinski definition) is 1. The van der Waals surface area contributed by atoms with Gasteiger partial charge in [0.25, 0.3) is 0 Å². The summed E-state index contributed by atoms with van der Waals surface area (Å²) in [7, 11) is 0. The second-order valence-corrected chi connectivity index (χ2v) is 4.08. The van der Waals surface area contributed by atoms with Crippen LogP contribution in [0.25, 0.3) is 0 Å². The minimum Gasteiger partial charge on any atom is -0.314 e. The molecule has 1 rings (SSSR count). The zero-order valence-corrected chi connectivity index (χ0v) is 10.00. The normalized spacial score (nSPS) is 12.7. The van der Waals surface area contributed by atoms with E-state index in [4.69, 9.17) is 0 Å². The van der Waals surface area contributed by atoms with E-state index in [1.807, 2.05) is 0 Å². The molecule has 0 radical (unpaired) electrons. The van der Waals surface area contributed by atoms with Crippen molar-refractivity contribution in [1.29, 1.82) is 0 Å². The van der Waals surface area contributed by atoms with E-state index >= 15 is 0 Å². The third-order valence-electron chi connectivity index (χ3n) is 2.82. The quantitative estimate of drug-likeness (QED) is 0.719. The Hall–Kier alpha value is -0.820. The van der Waals surface area contributed by atoms with E-state index in [2.05, 4.69) is 49.5 Å². The van der Waals surface area contributed by atoms with Gasteiger partial charge < -0.3 is 5.32 Å². The average Bonchev–Trinajstić information content (AvgIpc) is 2.29. The lowest BCUT2D eigenvalue weighted by Crippen LogP contribution is -2.30. The maximum absolute atomic E-state index is 3.62. The first-order valence-electron chi connectivity index (χ1n) is 6.14. The molecule has 1 unspecified atom stereocenters. The van der Waals surface area contributed by atoms with Crippen LogP contribution in [0.15, 0.2) is 30.3 Å². The van der Waals surface area contributed by atoms with Gasteiger partial charge in [-0.3, -0.25) is 0 Å². The molecule has 15 heavy (non-hydrogen) atoms. The highest BCUT2D eigenvalue weighted by atomic mass is 14.9. The Morgan fingerprint density at radius 3 is 2.47 bits per heavy atom. The molecular formula is C14H23N. The lowest BCUT2D eigenvalue weighted by Gasteiger charge is -2.15. The number of hydrogen-bond donors (Lipinski definition) is 1. The van der Waals surface area contributed by atoms with Crippen LogP contribution in [0.3, 0.4) is 0 Å². The van der Waals surface area contributed by atoms with Crippen molar-refractivity contribution < 1.29 is 0 Å². The summed E-state index contributed by atoms with van der Waals surface area (Å²) in [5.74, 6) is 0. The van der Waals surface area contributed by atoms with Crippen molar-refractivity contribution >= 4 is 0 Å². The van der Waals surface area contributed by atoms with Crippen molar-refractivity contribution in [1.82, 2.24) is 5.32 Å². The fraction of sp³-hybridized carbons (Fsp3) is 0.571. The van der Waals surface area contributed by atoms with Crippen LogP contribution in [0.1, 0.15) is 38.7 Å². The molecule has 0 aliphatic heterocycles. The minimum atomic E-state index is 0.707. The van der Waals surface area contributed by atoms with E-state index in [1.54, 1.807) is 0 Å². The molecule has 0 aliphatic rings. The Morgan fingerprint density at radius 2 is 1.87 bits per heavy atom. The molecule has 0 saturated carbocycles. The lowest BCUT2D eigenvalue weighted by molar-refractivity contribution is 0.466. The van der Waals surface area contributed by atoms with Crippen molar-refractivity contribution in [2.75, 3.05) is 6.54 Å². The van der Waals surface area contributed by atoms with Crippen LogP contribution in [0.2, 0.25) is 0 Å². The molecule has 0 aliphatic carbocycles. The zero-order chi connectivity index (χ0) is 10.9. The second kappa shape index (κ2) is 7.47. The maximum Gasteiger partial charge on any atom is 0.00644 e. The molecule has 0 saturated heterocycles. The van der Waals surface area contributed by atoms with E-state index in [1.165, 1.54) is 24.8 Å². The number of benzene rings is 1. The summed E-state index contributed by atoms with van der Waals surface area (Å²) < 4.78 is 0. The third kappa shape index (κ3) is 4.98. The number of rotatable bonds is 7. The molecule has 1 N–H and O–H groups in total. The summed E-state index contributed by atoms with van der Waals surface area (Å²) >= 11 is 0. The van der Waals surface area contributed by atoms with E-state index in [9.17, 15) is 0 Å². The van der Waals surface area contributed by atoms with Crippen molar-refractivity contribution in [3.8, 4) is 0 Å². The minimum absolute atomic E-state index is 0.707. The van der Waals surface area contributed by atoms with Crippen LogP contribution >= 0.6 is 0 Å². The predicted molar refractivity (Wildman–Crippen MR) is 67.1 cm³/mol. The molecule has 0 bridgehead atoms. The van der Waals surface area contributed by atoms with E-state index in [-0.39, 0.29) is 0 Å². The summed E-state index contributed by atoms with van der Waals surface area (Å²) in [6.07, 6.45) is 4.95. The van der Waals surface area contributed by atoms with Crippen LogP contribution in [-0.4, -0.2) is 12.6 Å². The van der Waals surface area contributed by atoms with Crippen molar-refractivity contribution in [2.24, 2.45) is 0 Å². The highest BCUT2D eigenvalue weighted by Crippen LogP contribution is 2.02. The van der Waals surface area contributed by atoms with Gasteiger partial charge in [0.05, 0.1) is 0 Å². The van der Waals surface area contributed by atoms with E-state index < -0.39 is 0 Å². The highest BCUT2D eigenvalue weighted by Gasteiger charge is 2.02. The molecule has 1 heteroatoms. The van der Waals surface area contributed by atoms with Gasteiger partial charge in [0.1, 0.15) is 0 Å². The first-order chi connectivity index (χ1) is 7.36. The van der Waals surface area contributed by atoms with E-state index in [0.29, 0.717) is 6.04 Å². The fourth-order valence-electron chi connectivity index (χ4n) is 1.86. The highest BCUT2D eigenvalue weighted by molar-refractivity contribution is 5.14. The SMILES string of the molecule is CCCC(CC)NCCc1ccccc1. The lowest BCUT2D eigenvalue weighted by atomic mass is 10.1. The molecule has 1 aromatic rings. The smallest absolute Gasteiger partial charge is 0.00644 e. The van der Waals surface area contributed by atoms with Gasteiger partial charge in [0, 0.05) is 6.04 Å². The molecule has 1 aromatic carbocycles. The van der Waals surface area contributed by atoms with Gasteiger partial charge in [-0.2, -0.15) is 0 Å². The van der Waals surface area contributed by atoms with Crippen LogP contribution < -0.4 is 5.32 Å². The van der Waals surface area contributed by atoms with Gasteiger partial charge in [0.15, 0.2) is 0 Å². The van der Waals surface area contributed by atoms with Crippen molar-refractivity contribution in [3.05, 3.63) is 35.9 Å². The Kier molecular flexibility index (Phi) is 6.10. The van der Waals surface area contributed by atoms with Gasteiger partial charge in [-0.25, -0.2) is 0 Å². The van der Waals surface area contributed by atoms with Gasteiger partial charge in [0.2, 0.25) is 0 Å².